The Morgan fingerprint density at radius 2 is 1.96 bits per heavy atom. The summed E-state index contributed by atoms with van der Waals surface area (Å²) in [5.74, 6) is 0. The van der Waals surface area contributed by atoms with Crippen molar-refractivity contribution in [2.24, 2.45) is 0 Å². The zero-order chi connectivity index (χ0) is 17.6. The van der Waals surface area contributed by atoms with Crippen LogP contribution in [-0.2, 0) is 19.5 Å². The molecular weight excluding hydrogens is 310 g/mol. The molecule has 2 atom stereocenters. The molecule has 0 aliphatic carbocycles. The summed E-state index contributed by atoms with van der Waals surface area (Å²) in [6, 6.07) is 3.48. The van der Waals surface area contributed by atoms with E-state index in [-0.39, 0.29) is 0 Å². The second kappa shape index (κ2) is 6.71. The van der Waals surface area contributed by atoms with Crippen molar-refractivity contribution in [3.8, 4) is 0 Å². The summed E-state index contributed by atoms with van der Waals surface area (Å²) in [7, 11) is 2.22. The maximum Gasteiger partial charge on any atom is 0.140 e. The summed E-state index contributed by atoms with van der Waals surface area (Å²) >= 11 is 0. The molecule has 0 radical (unpaired) electrons. The van der Waals surface area contributed by atoms with E-state index in [1.165, 1.54) is 27.9 Å². The van der Waals surface area contributed by atoms with E-state index in [1.54, 1.807) is 0 Å². The van der Waals surface area contributed by atoms with Gasteiger partial charge in [0.2, 0.25) is 0 Å². The lowest BCUT2D eigenvalue weighted by molar-refractivity contribution is 0.168. The number of hydrogen-bond acceptors (Lipinski definition) is 4. The molecule has 4 heterocycles. The van der Waals surface area contributed by atoms with Crippen LogP contribution in [0.25, 0.3) is 11.0 Å². The molecule has 0 saturated carbocycles. The van der Waals surface area contributed by atoms with Crippen molar-refractivity contribution >= 4 is 11.0 Å². The van der Waals surface area contributed by atoms with Gasteiger partial charge in [0.15, 0.2) is 0 Å². The van der Waals surface area contributed by atoms with Gasteiger partial charge in [0.25, 0.3) is 0 Å². The van der Waals surface area contributed by atoms with E-state index >= 15 is 0 Å². The number of nitrogens with one attached hydrogen (secondary N) is 1. The van der Waals surface area contributed by atoms with Crippen LogP contribution in [0.15, 0.2) is 12.3 Å². The summed E-state index contributed by atoms with van der Waals surface area (Å²) < 4.78 is 2.51. The average molecular weight is 342 g/mol. The molecule has 25 heavy (non-hydrogen) atoms. The van der Waals surface area contributed by atoms with Crippen LogP contribution in [0.1, 0.15) is 30.7 Å². The Morgan fingerprint density at radius 1 is 1.20 bits per heavy atom. The van der Waals surface area contributed by atoms with Gasteiger partial charge in [-0.15, -0.1) is 0 Å². The number of aryl methyl sites for hydroxylation is 1. The molecular formula is C20H31N5. The fraction of sp³-hybridized carbons (Fsp3) is 0.650. The molecule has 2 aliphatic heterocycles. The summed E-state index contributed by atoms with van der Waals surface area (Å²) in [6.07, 6.45) is 3.15. The quantitative estimate of drug-likeness (QED) is 0.927. The van der Waals surface area contributed by atoms with Crippen LogP contribution in [0.4, 0.5) is 0 Å². The lowest BCUT2D eigenvalue weighted by Crippen LogP contribution is -2.54. The predicted octanol–water partition coefficient (Wildman–Crippen LogP) is 2.01. The zero-order valence-electron chi connectivity index (χ0n) is 16.0. The molecule has 0 bridgehead atoms. The molecule has 5 heteroatoms. The molecule has 5 nitrogen and oxygen atoms in total. The van der Waals surface area contributed by atoms with Gasteiger partial charge in [0, 0.05) is 75.1 Å². The number of fused-ring (bicyclic) bond motifs is 3. The Kier molecular flexibility index (Phi) is 4.56. The average Bonchev–Trinajstić information content (AvgIpc) is 2.84. The molecule has 0 spiro atoms. The number of likely N-dealkylation sites (N-methyl/N-ethyl adjacent to an activating group) is 1. The molecule has 2 aromatic rings. The van der Waals surface area contributed by atoms with Crippen LogP contribution in [0.2, 0.25) is 0 Å². The number of piperazine rings is 1. The minimum atomic E-state index is 0.577. The normalized spacial score (nSPS) is 25.4. The molecule has 0 aromatic carbocycles. The van der Waals surface area contributed by atoms with Crippen molar-refractivity contribution in [2.75, 3.05) is 33.2 Å². The molecule has 1 N–H and O–H groups in total. The maximum atomic E-state index is 4.82. The Bertz CT molecular complexity index is 755. The van der Waals surface area contributed by atoms with Gasteiger partial charge >= 0.3 is 0 Å². The molecule has 2 aliphatic rings. The minimum absolute atomic E-state index is 0.577. The summed E-state index contributed by atoms with van der Waals surface area (Å²) in [6.45, 7) is 13.3. The third-order valence-corrected chi connectivity index (χ3v) is 5.69. The van der Waals surface area contributed by atoms with Crippen molar-refractivity contribution in [3.05, 3.63) is 29.1 Å². The molecule has 1 saturated heterocycles. The topological polar surface area (TPSA) is 36.3 Å². The summed E-state index contributed by atoms with van der Waals surface area (Å²) in [5.41, 5.74) is 5.46. The Morgan fingerprint density at radius 3 is 2.72 bits per heavy atom. The fourth-order valence-corrected chi connectivity index (χ4v) is 4.66. The van der Waals surface area contributed by atoms with Gasteiger partial charge in [0.05, 0.1) is 0 Å². The summed E-state index contributed by atoms with van der Waals surface area (Å²) in [4.78, 5) is 9.85. The lowest BCUT2D eigenvalue weighted by Gasteiger charge is -2.36. The number of hydrogen-bond donors (Lipinski definition) is 1. The Balaban J connectivity index is 1.63. The monoisotopic (exact) mass is 341 g/mol. The standard InChI is InChI=1S/C20H31N5/c1-14-9-17-18-13-23(4)6-5-19(18)25(20(17)21-10-14)8-7-24-11-15(2)22-16(3)12-24/h9-10,15-16,22H,5-8,11-13H2,1-4H3/t15-,16-/m0/s1. The van der Waals surface area contributed by atoms with Gasteiger partial charge in [-0.1, -0.05) is 0 Å². The molecule has 2 aromatic heterocycles. The molecule has 0 amide bonds. The van der Waals surface area contributed by atoms with Gasteiger partial charge in [-0.2, -0.15) is 0 Å². The molecule has 136 valence electrons. The highest BCUT2D eigenvalue weighted by molar-refractivity contribution is 5.83. The smallest absolute Gasteiger partial charge is 0.140 e. The maximum absolute atomic E-state index is 4.82. The minimum Gasteiger partial charge on any atom is -0.328 e. The first kappa shape index (κ1) is 17.0. The van der Waals surface area contributed by atoms with E-state index in [4.69, 9.17) is 4.98 Å². The highest BCUT2D eigenvalue weighted by Gasteiger charge is 2.25. The van der Waals surface area contributed by atoms with Crippen LogP contribution >= 0.6 is 0 Å². The number of rotatable bonds is 3. The van der Waals surface area contributed by atoms with Crippen LogP contribution in [0.5, 0.6) is 0 Å². The third-order valence-electron chi connectivity index (χ3n) is 5.69. The van der Waals surface area contributed by atoms with Gasteiger partial charge in [-0.25, -0.2) is 4.98 Å². The second-order valence-electron chi connectivity index (χ2n) is 8.18. The van der Waals surface area contributed by atoms with E-state index < -0.39 is 0 Å². The summed E-state index contributed by atoms with van der Waals surface area (Å²) in [5, 5.41) is 4.99. The number of nitrogens with zero attached hydrogens (tertiary/aromatic N) is 4. The van der Waals surface area contributed by atoms with Gasteiger partial charge in [0.1, 0.15) is 5.65 Å². The van der Waals surface area contributed by atoms with Crippen molar-refractivity contribution in [1.82, 2.24) is 24.7 Å². The van der Waals surface area contributed by atoms with Crippen LogP contribution in [-0.4, -0.2) is 64.7 Å². The van der Waals surface area contributed by atoms with E-state index in [0.29, 0.717) is 12.1 Å². The Labute approximate surface area is 151 Å². The second-order valence-corrected chi connectivity index (χ2v) is 8.18. The van der Waals surface area contributed by atoms with Crippen molar-refractivity contribution in [1.29, 1.82) is 0 Å². The highest BCUT2D eigenvalue weighted by Crippen LogP contribution is 2.30. The van der Waals surface area contributed by atoms with Crippen LogP contribution in [0.3, 0.4) is 0 Å². The van der Waals surface area contributed by atoms with E-state index in [0.717, 1.165) is 45.7 Å². The molecule has 1 fully saturated rings. The molecule has 4 rings (SSSR count). The van der Waals surface area contributed by atoms with Gasteiger partial charge < -0.3 is 14.8 Å². The van der Waals surface area contributed by atoms with Crippen molar-refractivity contribution in [2.45, 2.75) is 52.4 Å². The highest BCUT2D eigenvalue weighted by atomic mass is 15.2. The largest absolute Gasteiger partial charge is 0.328 e. The van der Waals surface area contributed by atoms with Crippen LogP contribution < -0.4 is 5.32 Å². The zero-order valence-corrected chi connectivity index (χ0v) is 16.0. The third kappa shape index (κ3) is 3.33. The number of aromatic nitrogens is 2. The van der Waals surface area contributed by atoms with Gasteiger partial charge in [-0.3, -0.25) is 4.90 Å². The van der Waals surface area contributed by atoms with E-state index in [9.17, 15) is 0 Å². The number of pyridine rings is 1. The first-order valence-corrected chi connectivity index (χ1v) is 9.65. The molecule has 0 unspecified atom stereocenters. The van der Waals surface area contributed by atoms with Crippen LogP contribution in [0, 0.1) is 6.92 Å². The lowest BCUT2D eigenvalue weighted by atomic mass is 10.1. The van der Waals surface area contributed by atoms with Gasteiger partial charge in [-0.05, 0) is 45.0 Å². The van der Waals surface area contributed by atoms with Crippen molar-refractivity contribution in [3.63, 3.8) is 0 Å². The predicted molar refractivity (Wildman–Crippen MR) is 103 cm³/mol. The fourth-order valence-electron chi connectivity index (χ4n) is 4.66. The first-order chi connectivity index (χ1) is 12.0. The van der Waals surface area contributed by atoms with E-state index in [2.05, 4.69) is 53.6 Å². The first-order valence-electron chi connectivity index (χ1n) is 9.65. The van der Waals surface area contributed by atoms with E-state index in [1.807, 2.05) is 6.20 Å². The van der Waals surface area contributed by atoms with Crippen molar-refractivity contribution < 1.29 is 0 Å². The SMILES string of the molecule is Cc1cnc2c(c1)c1c(n2CCN2C[C@H](C)N[C@@H](C)C2)CCN(C)C1. The Hall–Kier alpha value is -1.43.